The molecule has 0 amide bonds. The lowest BCUT2D eigenvalue weighted by molar-refractivity contribution is -0.117. The molecular weight excluding hydrogens is 376 g/mol. The molecule has 5 rings (SSSR count). The van der Waals surface area contributed by atoms with Gasteiger partial charge >= 0.3 is 0 Å². The number of ether oxygens (including phenoxy) is 2. The first-order valence-electron chi connectivity index (χ1n) is 9.57. The van der Waals surface area contributed by atoms with E-state index in [9.17, 15) is 4.79 Å². The number of aromatic nitrogens is 3. The van der Waals surface area contributed by atoms with Crippen LogP contribution in [0, 0.1) is 5.92 Å². The molecule has 2 atom stereocenters. The van der Waals surface area contributed by atoms with Crippen LogP contribution in [-0.2, 0) is 4.79 Å². The van der Waals surface area contributed by atoms with E-state index in [0.29, 0.717) is 36.7 Å². The van der Waals surface area contributed by atoms with E-state index >= 15 is 0 Å². The molecule has 0 spiro atoms. The summed E-state index contributed by atoms with van der Waals surface area (Å²) in [6.45, 7) is 3.38. The Bertz CT molecular complexity index is 984. The van der Waals surface area contributed by atoms with Crippen LogP contribution < -0.4 is 14.8 Å². The summed E-state index contributed by atoms with van der Waals surface area (Å²) in [6, 6.07) is 5.61. The number of anilines is 1. The first-order valence-corrected chi connectivity index (χ1v) is 10.8. The van der Waals surface area contributed by atoms with E-state index in [4.69, 9.17) is 9.47 Å². The lowest BCUT2D eigenvalue weighted by atomic mass is 9.81. The SMILES string of the molecule is CSc1nc2n(n1)C(c1ccc3c(c1)OCCCO3)C1=C(CC(C)CC1=O)N2. The van der Waals surface area contributed by atoms with Gasteiger partial charge < -0.3 is 14.8 Å². The summed E-state index contributed by atoms with van der Waals surface area (Å²) in [4.78, 5) is 17.6. The van der Waals surface area contributed by atoms with Gasteiger partial charge in [0.15, 0.2) is 17.3 Å². The molecule has 2 unspecified atom stereocenters. The molecule has 1 N–H and O–H groups in total. The number of hydrogen-bond donors (Lipinski definition) is 1. The lowest BCUT2D eigenvalue weighted by Gasteiger charge is -2.34. The normalized spacial score (nSPS) is 23.6. The van der Waals surface area contributed by atoms with Crippen LogP contribution in [0.2, 0.25) is 0 Å². The van der Waals surface area contributed by atoms with E-state index in [-0.39, 0.29) is 11.8 Å². The van der Waals surface area contributed by atoms with Crippen molar-refractivity contribution in [3.05, 3.63) is 35.0 Å². The highest BCUT2D eigenvalue weighted by Crippen LogP contribution is 2.43. The molecule has 3 aliphatic rings. The predicted octanol–water partition coefficient (Wildman–Crippen LogP) is 3.43. The minimum atomic E-state index is -0.309. The number of carbonyl (C=O) groups excluding carboxylic acids is 1. The molecule has 28 heavy (non-hydrogen) atoms. The van der Waals surface area contributed by atoms with Crippen LogP contribution in [0.3, 0.4) is 0 Å². The van der Waals surface area contributed by atoms with Crippen molar-refractivity contribution in [2.75, 3.05) is 24.8 Å². The zero-order chi connectivity index (χ0) is 19.3. The highest BCUT2D eigenvalue weighted by molar-refractivity contribution is 7.98. The summed E-state index contributed by atoms with van der Waals surface area (Å²) in [7, 11) is 0. The number of nitrogens with zero attached hydrogens (tertiary/aromatic N) is 3. The Morgan fingerprint density at radius 3 is 2.86 bits per heavy atom. The summed E-state index contributed by atoms with van der Waals surface area (Å²) < 4.78 is 13.5. The molecular formula is C20H22N4O3S. The van der Waals surface area contributed by atoms with Gasteiger partial charge in [-0.3, -0.25) is 4.79 Å². The van der Waals surface area contributed by atoms with E-state index in [1.807, 2.05) is 29.1 Å². The number of thioether (sulfide) groups is 1. The van der Waals surface area contributed by atoms with Crippen molar-refractivity contribution in [1.29, 1.82) is 0 Å². The van der Waals surface area contributed by atoms with Gasteiger partial charge in [0.05, 0.1) is 13.2 Å². The molecule has 146 valence electrons. The number of nitrogens with one attached hydrogen (secondary N) is 1. The second kappa shape index (κ2) is 6.84. The molecule has 0 saturated heterocycles. The Balaban J connectivity index is 1.66. The molecule has 0 bridgehead atoms. The van der Waals surface area contributed by atoms with Gasteiger partial charge in [0.2, 0.25) is 11.1 Å². The fourth-order valence-electron chi connectivity index (χ4n) is 4.13. The van der Waals surface area contributed by atoms with Gasteiger partial charge in [-0.05, 0) is 36.3 Å². The number of fused-ring (bicyclic) bond motifs is 2. The molecule has 7 nitrogen and oxygen atoms in total. The van der Waals surface area contributed by atoms with Gasteiger partial charge in [-0.25, -0.2) is 4.68 Å². The fourth-order valence-corrected chi connectivity index (χ4v) is 4.48. The largest absolute Gasteiger partial charge is 0.490 e. The van der Waals surface area contributed by atoms with Gasteiger partial charge in [-0.2, -0.15) is 4.98 Å². The van der Waals surface area contributed by atoms with Gasteiger partial charge in [-0.1, -0.05) is 24.8 Å². The van der Waals surface area contributed by atoms with Crippen molar-refractivity contribution in [2.24, 2.45) is 5.92 Å². The monoisotopic (exact) mass is 398 g/mol. The van der Waals surface area contributed by atoms with Crippen molar-refractivity contribution in [2.45, 2.75) is 37.4 Å². The Morgan fingerprint density at radius 2 is 2.04 bits per heavy atom. The Morgan fingerprint density at radius 1 is 1.21 bits per heavy atom. The van der Waals surface area contributed by atoms with Crippen LogP contribution in [0.1, 0.15) is 37.8 Å². The van der Waals surface area contributed by atoms with Gasteiger partial charge in [0, 0.05) is 24.1 Å². The maximum absolute atomic E-state index is 13.0. The zero-order valence-corrected chi connectivity index (χ0v) is 16.7. The van der Waals surface area contributed by atoms with E-state index in [0.717, 1.165) is 41.2 Å². The number of ketones is 1. The van der Waals surface area contributed by atoms with Crippen molar-refractivity contribution in [3.8, 4) is 11.5 Å². The van der Waals surface area contributed by atoms with E-state index in [1.165, 1.54) is 11.8 Å². The van der Waals surface area contributed by atoms with Crippen LogP contribution in [0.5, 0.6) is 11.5 Å². The average Bonchev–Trinajstić information content (AvgIpc) is 2.94. The van der Waals surface area contributed by atoms with E-state index < -0.39 is 0 Å². The lowest BCUT2D eigenvalue weighted by Crippen LogP contribution is -2.33. The Labute approximate surface area is 167 Å². The number of allylic oxidation sites excluding steroid dienone is 2. The van der Waals surface area contributed by atoms with Gasteiger partial charge in [0.1, 0.15) is 6.04 Å². The summed E-state index contributed by atoms with van der Waals surface area (Å²) >= 11 is 1.49. The quantitative estimate of drug-likeness (QED) is 0.777. The first kappa shape index (κ1) is 17.6. The fraction of sp³-hybridized carbons (Fsp3) is 0.450. The number of benzene rings is 1. The number of rotatable bonds is 2. The van der Waals surface area contributed by atoms with Crippen LogP contribution in [0.4, 0.5) is 5.95 Å². The molecule has 2 aliphatic heterocycles. The van der Waals surface area contributed by atoms with Gasteiger partial charge in [-0.15, -0.1) is 5.10 Å². The molecule has 0 saturated carbocycles. The summed E-state index contributed by atoms with van der Waals surface area (Å²) in [6.07, 6.45) is 4.20. The van der Waals surface area contributed by atoms with Crippen molar-refractivity contribution < 1.29 is 14.3 Å². The van der Waals surface area contributed by atoms with Crippen molar-refractivity contribution in [3.63, 3.8) is 0 Å². The van der Waals surface area contributed by atoms with Crippen molar-refractivity contribution in [1.82, 2.24) is 14.8 Å². The number of hydrogen-bond acceptors (Lipinski definition) is 7. The molecule has 0 radical (unpaired) electrons. The molecule has 0 fully saturated rings. The molecule has 3 heterocycles. The van der Waals surface area contributed by atoms with Gasteiger partial charge in [0.25, 0.3) is 0 Å². The zero-order valence-electron chi connectivity index (χ0n) is 15.9. The highest BCUT2D eigenvalue weighted by atomic mass is 32.2. The Hall–Kier alpha value is -2.48. The van der Waals surface area contributed by atoms with Crippen LogP contribution in [0.15, 0.2) is 34.6 Å². The average molecular weight is 398 g/mol. The Kier molecular flexibility index (Phi) is 4.30. The predicted molar refractivity (Wildman–Crippen MR) is 106 cm³/mol. The van der Waals surface area contributed by atoms with Crippen LogP contribution in [-0.4, -0.2) is 40.0 Å². The molecule has 1 aliphatic carbocycles. The number of carbonyl (C=O) groups is 1. The highest BCUT2D eigenvalue weighted by Gasteiger charge is 2.38. The third-order valence-electron chi connectivity index (χ3n) is 5.37. The minimum absolute atomic E-state index is 0.171. The van der Waals surface area contributed by atoms with E-state index in [1.54, 1.807) is 0 Å². The summed E-state index contributed by atoms with van der Waals surface area (Å²) in [5.74, 6) is 2.64. The second-order valence-corrected chi connectivity index (χ2v) is 8.25. The molecule has 1 aromatic heterocycles. The smallest absolute Gasteiger partial charge is 0.227 e. The molecule has 8 heteroatoms. The van der Waals surface area contributed by atoms with Crippen LogP contribution >= 0.6 is 11.8 Å². The third kappa shape index (κ3) is 2.87. The minimum Gasteiger partial charge on any atom is -0.490 e. The summed E-state index contributed by atoms with van der Waals surface area (Å²) in [5, 5.41) is 8.70. The van der Waals surface area contributed by atoms with Crippen LogP contribution in [0.25, 0.3) is 0 Å². The maximum Gasteiger partial charge on any atom is 0.227 e. The first-order chi connectivity index (χ1) is 13.6. The second-order valence-electron chi connectivity index (χ2n) is 7.48. The van der Waals surface area contributed by atoms with Crippen molar-refractivity contribution >= 4 is 23.5 Å². The third-order valence-corrected chi connectivity index (χ3v) is 5.91. The maximum atomic E-state index is 13.0. The number of Topliss-reactive ketones (excluding diaryl/α,β-unsaturated/α-hetero) is 1. The standard InChI is InChI=1S/C20H22N4O3S/c1-11-8-13-17(14(25)9-11)18(24-19(21-13)22-20(23-24)28-2)12-4-5-15-16(10-12)27-7-3-6-26-15/h4-5,10-11,18H,3,6-9H2,1-2H3,(H,21,22,23). The topological polar surface area (TPSA) is 78.3 Å². The summed E-state index contributed by atoms with van der Waals surface area (Å²) in [5.41, 5.74) is 2.71. The van der Waals surface area contributed by atoms with E-state index in [2.05, 4.69) is 22.3 Å². The molecule has 1 aromatic carbocycles. The molecule has 2 aromatic rings.